The Hall–Kier alpha value is -2.31. The van der Waals surface area contributed by atoms with Crippen LogP contribution in [0.15, 0.2) is 42.5 Å². The van der Waals surface area contributed by atoms with Crippen LogP contribution in [0.1, 0.15) is 10.4 Å². The SMILES string of the molecule is NCCOc1ccc(F)cc1C(=O)N1CC(Oc2cccc(Cl)c2)C1. The second-order valence-corrected chi connectivity index (χ2v) is 6.12. The molecule has 1 aliphatic heterocycles. The van der Waals surface area contributed by atoms with Gasteiger partial charge in [0.2, 0.25) is 0 Å². The van der Waals surface area contributed by atoms with E-state index in [2.05, 4.69) is 0 Å². The Morgan fingerprint density at radius 1 is 1.28 bits per heavy atom. The summed E-state index contributed by atoms with van der Waals surface area (Å²) in [5.74, 6) is 0.201. The van der Waals surface area contributed by atoms with Crippen LogP contribution in [-0.4, -0.2) is 43.2 Å². The third-order valence-corrected chi connectivity index (χ3v) is 4.02. The number of benzene rings is 2. The number of carbonyl (C=O) groups is 1. The third kappa shape index (κ3) is 4.21. The van der Waals surface area contributed by atoms with Gasteiger partial charge in [-0.1, -0.05) is 17.7 Å². The number of nitrogens with zero attached hydrogens (tertiary/aromatic N) is 1. The quantitative estimate of drug-likeness (QED) is 0.856. The molecule has 7 heteroatoms. The number of halogens is 2. The molecule has 1 fully saturated rings. The zero-order valence-electron chi connectivity index (χ0n) is 13.5. The minimum atomic E-state index is -0.490. The van der Waals surface area contributed by atoms with Gasteiger partial charge in [0.1, 0.15) is 30.0 Å². The number of amides is 1. The highest BCUT2D eigenvalue weighted by Crippen LogP contribution is 2.26. The lowest BCUT2D eigenvalue weighted by Gasteiger charge is -2.39. The van der Waals surface area contributed by atoms with E-state index in [0.29, 0.717) is 36.2 Å². The van der Waals surface area contributed by atoms with E-state index in [0.717, 1.165) is 0 Å². The lowest BCUT2D eigenvalue weighted by atomic mass is 10.1. The van der Waals surface area contributed by atoms with Crippen LogP contribution < -0.4 is 15.2 Å². The fourth-order valence-corrected chi connectivity index (χ4v) is 2.73. The molecule has 0 aromatic heterocycles. The molecule has 5 nitrogen and oxygen atoms in total. The molecular formula is C18H18ClFN2O3. The number of hydrogen-bond acceptors (Lipinski definition) is 4. The molecule has 0 saturated carbocycles. The third-order valence-electron chi connectivity index (χ3n) is 3.78. The van der Waals surface area contributed by atoms with Crippen molar-refractivity contribution in [2.75, 3.05) is 26.2 Å². The van der Waals surface area contributed by atoms with Gasteiger partial charge in [-0.3, -0.25) is 4.79 Å². The highest BCUT2D eigenvalue weighted by molar-refractivity contribution is 6.30. The van der Waals surface area contributed by atoms with Gasteiger partial charge in [-0.2, -0.15) is 0 Å². The number of likely N-dealkylation sites (tertiary alicyclic amines) is 1. The molecule has 1 amide bonds. The zero-order chi connectivity index (χ0) is 17.8. The number of ether oxygens (including phenoxy) is 2. The molecule has 1 saturated heterocycles. The Morgan fingerprint density at radius 3 is 2.80 bits per heavy atom. The van der Waals surface area contributed by atoms with Gasteiger partial charge in [-0.15, -0.1) is 0 Å². The highest BCUT2D eigenvalue weighted by Gasteiger charge is 2.34. The average molecular weight is 365 g/mol. The maximum atomic E-state index is 13.5. The second-order valence-electron chi connectivity index (χ2n) is 5.68. The summed E-state index contributed by atoms with van der Waals surface area (Å²) in [5.41, 5.74) is 5.60. The Morgan fingerprint density at radius 2 is 2.08 bits per heavy atom. The van der Waals surface area contributed by atoms with E-state index in [1.165, 1.54) is 18.2 Å². The smallest absolute Gasteiger partial charge is 0.257 e. The van der Waals surface area contributed by atoms with E-state index in [-0.39, 0.29) is 24.2 Å². The highest BCUT2D eigenvalue weighted by atomic mass is 35.5. The van der Waals surface area contributed by atoms with Crippen molar-refractivity contribution >= 4 is 17.5 Å². The number of carbonyl (C=O) groups excluding carboxylic acids is 1. The van der Waals surface area contributed by atoms with Gasteiger partial charge < -0.3 is 20.1 Å². The van der Waals surface area contributed by atoms with Gasteiger partial charge >= 0.3 is 0 Å². The van der Waals surface area contributed by atoms with E-state index in [1.807, 2.05) is 6.07 Å². The van der Waals surface area contributed by atoms with Crippen LogP contribution in [0.2, 0.25) is 5.02 Å². The second kappa shape index (κ2) is 7.72. The molecule has 0 spiro atoms. The molecule has 2 N–H and O–H groups in total. The number of hydrogen-bond donors (Lipinski definition) is 1. The van der Waals surface area contributed by atoms with Crippen LogP contribution in [0.4, 0.5) is 4.39 Å². The van der Waals surface area contributed by atoms with E-state index in [1.54, 1.807) is 23.1 Å². The molecular weight excluding hydrogens is 347 g/mol. The van der Waals surface area contributed by atoms with Crippen molar-refractivity contribution in [1.29, 1.82) is 0 Å². The Bertz CT molecular complexity index is 766. The van der Waals surface area contributed by atoms with Crippen molar-refractivity contribution in [1.82, 2.24) is 4.90 Å². The van der Waals surface area contributed by atoms with Crippen LogP contribution in [-0.2, 0) is 0 Å². The Balaban J connectivity index is 1.63. The van der Waals surface area contributed by atoms with Crippen molar-refractivity contribution < 1.29 is 18.7 Å². The Labute approximate surface area is 150 Å². The number of nitrogens with two attached hydrogens (primary N) is 1. The fraction of sp³-hybridized carbons (Fsp3) is 0.278. The van der Waals surface area contributed by atoms with Crippen LogP contribution >= 0.6 is 11.6 Å². The first-order valence-electron chi connectivity index (χ1n) is 7.90. The summed E-state index contributed by atoms with van der Waals surface area (Å²) in [6.07, 6.45) is -0.121. The minimum Gasteiger partial charge on any atom is -0.491 e. The summed E-state index contributed by atoms with van der Waals surface area (Å²) >= 11 is 5.92. The molecule has 25 heavy (non-hydrogen) atoms. The van der Waals surface area contributed by atoms with E-state index in [9.17, 15) is 9.18 Å². The van der Waals surface area contributed by atoms with Crippen molar-refractivity contribution in [3.05, 3.63) is 58.9 Å². The molecule has 3 rings (SSSR count). The number of rotatable bonds is 6. The maximum absolute atomic E-state index is 13.5. The molecule has 2 aromatic carbocycles. The van der Waals surface area contributed by atoms with Gasteiger partial charge in [0.05, 0.1) is 18.7 Å². The summed E-state index contributed by atoms with van der Waals surface area (Å²) < 4.78 is 24.7. The van der Waals surface area contributed by atoms with Crippen molar-refractivity contribution in [3.63, 3.8) is 0 Å². The van der Waals surface area contributed by atoms with Gasteiger partial charge in [0, 0.05) is 11.6 Å². The normalized spacial score (nSPS) is 14.1. The molecule has 0 radical (unpaired) electrons. The topological polar surface area (TPSA) is 64.8 Å². The summed E-state index contributed by atoms with van der Waals surface area (Å²) in [7, 11) is 0. The molecule has 2 aromatic rings. The first-order chi connectivity index (χ1) is 12.1. The monoisotopic (exact) mass is 364 g/mol. The predicted molar refractivity (Wildman–Crippen MR) is 92.7 cm³/mol. The average Bonchev–Trinajstić information content (AvgIpc) is 2.56. The van der Waals surface area contributed by atoms with E-state index in [4.69, 9.17) is 26.8 Å². The molecule has 1 heterocycles. The summed E-state index contributed by atoms with van der Waals surface area (Å²) in [5, 5.41) is 0.589. The van der Waals surface area contributed by atoms with Crippen LogP contribution in [0.25, 0.3) is 0 Å². The van der Waals surface area contributed by atoms with Gasteiger partial charge in [0.15, 0.2) is 0 Å². The van der Waals surface area contributed by atoms with E-state index < -0.39 is 5.82 Å². The van der Waals surface area contributed by atoms with E-state index >= 15 is 0 Å². The maximum Gasteiger partial charge on any atom is 0.257 e. The first-order valence-corrected chi connectivity index (χ1v) is 8.28. The Kier molecular flexibility index (Phi) is 5.40. The predicted octanol–water partition coefficient (Wildman–Crippen LogP) is 2.72. The van der Waals surface area contributed by atoms with Crippen LogP contribution in [0.5, 0.6) is 11.5 Å². The van der Waals surface area contributed by atoms with Crippen LogP contribution in [0, 0.1) is 5.82 Å². The molecule has 132 valence electrons. The van der Waals surface area contributed by atoms with Gasteiger partial charge in [0.25, 0.3) is 5.91 Å². The summed E-state index contributed by atoms with van der Waals surface area (Å²) in [6.45, 7) is 1.40. The summed E-state index contributed by atoms with van der Waals surface area (Å²) in [4.78, 5) is 14.2. The lowest BCUT2D eigenvalue weighted by molar-refractivity contribution is 0.0175. The zero-order valence-corrected chi connectivity index (χ0v) is 14.2. The van der Waals surface area contributed by atoms with Crippen molar-refractivity contribution in [2.45, 2.75) is 6.10 Å². The lowest BCUT2D eigenvalue weighted by Crippen LogP contribution is -2.56. The van der Waals surface area contributed by atoms with Crippen molar-refractivity contribution in [3.8, 4) is 11.5 Å². The molecule has 0 aliphatic carbocycles. The molecule has 0 atom stereocenters. The van der Waals surface area contributed by atoms with Gasteiger partial charge in [-0.25, -0.2) is 4.39 Å². The summed E-state index contributed by atoms with van der Waals surface area (Å²) in [6, 6.07) is 11.0. The van der Waals surface area contributed by atoms with Crippen molar-refractivity contribution in [2.24, 2.45) is 5.73 Å². The molecule has 0 bridgehead atoms. The largest absolute Gasteiger partial charge is 0.491 e. The standard InChI is InChI=1S/C18H18ClFN2O3/c19-12-2-1-3-14(8-12)25-15-10-22(11-15)18(23)16-9-13(20)4-5-17(16)24-7-6-21/h1-5,8-9,15H,6-7,10-11,21H2. The van der Waals surface area contributed by atoms with Gasteiger partial charge in [-0.05, 0) is 36.4 Å². The first kappa shape index (κ1) is 17.5. The van der Waals surface area contributed by atoms with Crippen LogP contribution in [0.3, 0.4) is 0 Å². The molecule has 0 unspecified atom stereocenters. The molecule has 1 aliphatic rings. The fourth-order valence-electron chi connectivity index (χ4n) is 2.55. The minimum absolute atomic E-state index is 0.121.